The van der Waals surface area contributed by atoms with Gasteiger partial charge in [-0.2, -0.15) is 0 Å². The van der Waals surface area contributed by atoms with Gasteiger partial charge in [-0.25, -0.2) is 0 Å². The summed E-state index contributed by atoms with van der Waals surface area (Å²) in [7, 11) is 0. The number of aldehydes is 1. The molecule has 0 aromatic heterocycles. The lowest BCUT2D eigenvalue weighted by Crippen LogP contribution is -2.57. The summed E-state index contributed by atoms with van der Waals surface area (Å²) in [6.45, 7) is 7.50. The summed E-state index contributed by atoms with van der Waals surface area (Å²) < 4.78 is 11.8. The first kappa shape index (κ1) is 19.5. The zero-order valence-corrected chi connectivity index (χ0v) is 14.9. The van der Waals surface area contributed by atoms with Crippen molar-refractivity contribution in [1.82, 2.24) is 0 Å². The summed E-state index contributed by atoms with van der Waals surface area (Å²) in [6, 6.07) is 0. The quantitative estimate of drug-likeness (QED) is 0.649. The van der Waals surface area contributed by atoms with Crippen molar-refractivity contribution in [2.24, 2.45) is 11.3 Å². The molecule has 6 nitrogen and oxygen atoms in total. The lowest BCUT2D eigenvalue weighted by molar-refractivity contribution is -0.299. The van der Waals surface area contributed by atoms with Crippen molar-refractivity contribution in [2.45, 2.75) is 77.7 Å². The zero-order chi connectivity index (χ0) is 18.1. The number of aliphatic hydroxyl groups excluding tert-OH is 3. The minimum Gasteiger partial charge on any atom is -0.394 e. The first-order chi connectivity index (χ1) is 11.2. The van der Waals surface area contributed by atoms with Crippen molar-refractivity contribution in [3.63, 3.8) is 0 Å². The van der Waals surface area contributed by atoms with Crippen molar-refractivity contribution in [3.05, 3.63) is 11.1 Å². The predicted octanol–water partition coefficient (Wildman–Crippen LogP) is 1.17. The van der Waals surface area contributed by atoms with E-state index in [0.29, 0.717) is 19.3 Å². The number of carbonyl (C=O) groups is 1. The average Bonchev–Trinajstić information content (AvgIpc) is 2.50. The minimum atomic E-state index is -1.12. The van der Waals surface area contributed by atoms with Crippen LogP contribution in [0.15, 0.2) is 11.1 Å². The van der Waals surface area contributed by atoms with Gasteiger partial charge in [0.05, 0.1) is 18.8 Å². The number of rotatable bonds is 5. The van der Waals surface area contributed by atoms with Crippen molar-refractivity contribution >= 4 is 6.29 Å². The summed E-state index contributed by atoms with van der Waals surface area (Å²) in [5, 5.41) is 29.7. The second-order valence-electron chi connectivity index (χ2n) is 7.64. The Bertz CT molecular complexity index is 486. The van der Waals surface area contributed by atoms with Crippen LogP contribution in [0.25, 0.3) is 0 Å². The smallest absolute Gasteiger partial charge is 0.163 e. The Labute approximate surface area is 143 Å². The van der Waals surface area contributed by atoms with Crippen molar-refractivity contribution in [1.29, 1.82) is 0 Å². The van der Waals surface area contributed by atoms with Crippen LogP contribution in [-0.2, 0) is 14.3 Å². The molecular weight excluding hydrogens is 312 g/mol. The van der Waals surface area contributed by atoms with E-state index in [4.69, 9.17) is 9.47 Å². The SMILES string of the molecule is CCC1C(O[C@@H]2CC(C)=C(C=O)C(C)(C)C2)OC(CO)C(O)C1O. The molecular formula is C18H30O6. The maximum atomic E-state index is 11.3. The van der Waals surface area contributed by atoms with Crippen LogP contribution < -0.4 is 0 Å². The molecule has 0 spiro atoms. The Morgan fingerprint density at radius 3 is 2.50 bits per heavy atom. The monoisotopic (exact) mass is 342 g/mol. The van der Waals surface area contributed by atoms with Crippen molar-refractivity contribution < 1.29 is 29.6 Å². The standard InChI is InChI=1S/C18H30O6/c1-5-12-15(21)16(22)14(9-20)24-17(12)23-11-6-10(2)13(8-19)18(3,4)7-11/h8,11-12,14-17,20-22H,5-7,9H2,1-4H3/t11-,12?,14?,15?,16?,17?/m1/s1. The molecule has 5 unspecified atom stereocenters. The van der Waals surface area contributed by atoms with Gasteiger partial charge in [0.1, 0.15) is 18.5 Å². The number of hydrogen-bond acceptors (Lipinski definition) is 6. The van der Waals surface area contributed by atoms with E-state index in [-0.39, 0.29) is 24.0 Å². The summed E-state index contributed by atoms with van der Waals surface area (Å²) >= 11 is 0. The molecule has 1 fully saturated rings. The highest BCUT2D eigenvalue weighted by Crippen LogP contribution is 2.41. The molecule has 2 aliphatic rings. The van der Waals surface area contributed by atoms with Gasteiger partial charge in [-0.1, -0.05) is 26.3 Å². The van der Waals surface area contributed by atoms with Gasteiger partial charge in [-0.15, -0.1) is 0 Å². The first-order valence-corrected chi connectivity index (χ1v) is 8.68. The van der Waals surface area contributed by atoms with E-state index in [1.54, 1.807) is 0 Å². The average molecular weight is 342 g/mol. The predicted molar refractivity (Wildman–Crippen MR) is 88.2 cm³/mol. The number of allylic oxidation sites excluding steroid dienone is 1. The van der Waals surface area contributed by atoms with Crippen LogP contribution in [0.4, 0.5) is 0 Å². The Kier molecular flexibility index (Phi) is 6.20. The van der Waals surface area contributed by atoms with E-state index in [2.05, 4.69) is 0 Å². The Morgan fingerprint density at radius 2 is 2.00 bits per heavy atom. The van der Waals surface area contributed by atoms with E-state index in [9.17, 15) is 20.1 Å². The largest absolute Gasteiger partial charge is 0.394 e. The van der Waals surface area contributed by atoms with Gasteiger partial charge in [0, 0.05) is 5.92 Å². The molecule has 0 bridgehead atoms. The maximum Gasteiger partial charge on any atom is 0.163 e. The second-order valence-corrected chi connectivity index (χ2v) is 7.64. The van der Waals surface area contributed by atoms with E-state index in [0.717, 1.165) is 17.4 Å². The van der Waals surface area contributed by atoms with Crippen LogP contribution in [0, 0.1) is 11.3 Å². The molecule has 6 heteroatoms. The fourth-order valence-corrected chi connectivity index (χ4v) is 4.03. The molecule has 0 amide bonds. The summed E-state index contributed by atoms with van der Waals surface area (Å²) in [6.07, 6.45) is -0.957. The minimum absolute atomic E-state index is 0.135. The van der Waals surface area contributed by atoms with Crippen molar-refractivity contribution in [2.75, 3.05) is 6.61 Å². The number of carbonyl (C=O) groups excluding carboxylic acids is 1. The topological polar surface area (TPSA) is 96.2 Å². The van der Waals surface area contributed by atoms with Gasteiger partial charge in [0.15, 0.2) is 6.29 Å². The molecule has 1 saturated heterocycles. The maximum absolute atomic E-state index is 11.3. The van der Waals surface area contributed by atoms with Gasteiger partial charge in [0.25, 0.3) is 0 Å². The summed E-state index contributed by atoms with van der Waals surface area (Å²) in [4.78, 5) is 11.3. The van der Waals surface area contributed by atoms with Crippen LogP contribution in [0.3, 0.4) is 0 Å². The number of aliphatic hydroxyl groups is 3. The highest BCUT2D eigenvalue weighted by molar-refractivity contribution is 5.77. The molecule has 0 radical (unpaired) electrons. The third-order valence-electron chi connectivity index (χ3n) is 5.38. The van der Waals surface area contributed by atoms with E-state index in [1.807, 2.05) is 27.7 Å². The molecule has 2 rings (SSSR count). The molecule has 1 aliphatic heterocycles. The molecule has 1 aliphatic carbocycles. The molecule has 0 aromatic rings. The van der Waals surface area contributed by atoms with E-state index < -0.39 is 24.6 Å². The van der Waals surface area contributed by atoms with Gasteiger partial charge >= 0.3 is 0 Å². The first-order valence-electron chi connectivity index (χ1n) is 8.68. The molecule has 6 atom stereocenters. The van der Waals surface area contributed by atoms with Gasteiger partial charge in [-0.05, 0) is 37.2 Å². The van der Waals surface area contributed by atoms with Crippen LogP contribution in [-0.4, -0.2) is 58.9 Å². The lowest BCUT2D eigenvalue weighted by Gasteiger charge is -2.45. The lowest BCUT2D eigenvalue weighted by atomic mass is 9.72. The molecule has 138 valence electrons. The molecule has 0 saturated carbocycles. The fourth-order valence-electron chi connectivity index (χ4n) is 4.03. The number of ether oxygens (including phenoxy) is 2. The van der Waals surface area contributed by atoms with Gasteiger partial charge in [-0.3, -0.25) is 4.79 Å². The highest BCUT2D eigenvalue weighted by Gasteiger charge is 2.45. The van der Waals surface area contributed by atoms with Crippen LogP contribution >= 0.6 is 0 Å². The summed E-state index contributed by atoms with van der Waals surface area (Å²) in [5.41, 5.74) is 1.55. The number of hydrogen-bond donors (Lipinski definition) is 3. The normalized spacial score (nSPS) is 39.8. The Hall–Kier alpha value is -0.790. The van der Waals surface area contributed by atoms with Gasteiger partial charge < -0.3 is 24.8 Å². The highest BCUT2D eigenvalue weighted by atomic mass is 16.7. The van der Waals surface area contributed by atoms with Gasteiger partial charge in [0.2, 0.25) is 0 Å². The second kappa shape index (κ2) is 7.62. The van der Waals surface area contributed by atoms with E-state index >= 15 is 0 Å². The molecule has 1 heterocycles. The molecule has 24 heavy (non-hydrogen) atoms. The van der Waals surface area contributed by atoms with E-state index in [1.165, 1.54) is 0 Å². The third kappa shape index (κ3) is 3.73. The Morgan fingerprint density at radius 1 is 1.33 bits per heavy atom. The third-order valence-corrected chi connectivity index (χ3v) is 5.38. The molecule has 3 N–H and O–H groups in total. The molecule has 0 aromatic carbocycles. The van der Waals surface area contributed by atoms with Crippen molar-refractivity contribution in [3.8, 4) is 0 Å². The van der Waals surface area contributed by atoms with Crippen LogP contribution in [0.2, 0.25) is 0 Å². The zero-order valence-electron chi connectivity index (χ0n) is 14.9. The fraction of sp³-hybridized carbons (Fsp3) is 0.833. The Balaban J connectivity index is 2.14. The summed E-state index contributed by atoms with van der Waals surface area (Å²) in [5.74, 6) is -0.359. The van der Waals surface area contributed by atoms with Crippen LogP contribution in [0.1, 0.15) is 47.0 Å². The van der Waals surface area contributed by atoms with Crippen LogP contribution in [0.5, 0.6) is 0 Å².